The summed E-state index contributed by atoms with van der Waals surface area (Å²) in [5.74, 6) is 0.406. The van der Waals surface area contributed by atoms with Crippen molar-refractivity contribution < 1.29 is 14.4 Å². The summed E-state index contributed by atoms with van der Waals surface area (Å²) in [5, 5.41) is 20.6. The van der Waals surface area contributed by atoms with E-state index in [2.05, 4.69) is 0 Å². The molecule has 0 aliphatic carbocycles. The van der Waals surface area contributed by atoms with Gasteiger partial charge in [-0.3, -0.25) is 10.1 Å². The Bertz CT molecular complexity index is 507. The van der Waals surface area contributed by atoms with Crippen molar-refractivity contribution in [2.45, 2.75) is 12.5 Å². The van der Waals surface area contributed by atoms with Gasteiger partial charge in [-0.15, -0.1) is 0 Å². The molecule has 2 aromatic rings. The average molecular weight is 233 g/mol. The van der Waals surface area contributed by atoms with Crippen LogP contribution in [-0.4, -0.2) is 10.0 Å². The van der Waals surface area contributed by atoms with Gasteiger partial charge < -0.3 is 9.52 Å². The summed E-state index contributed by atoms with van der Waals surface area (Å²) in [6, 6.07) is 9.66. The van der Waals surface area contributed by atoms with Gasteiger partial charge >= 0.3 is 0 Å². The largest absolute Gasteiger partial charge is 0.467 e. The van der Waals surface area contributed by atoms with Gasteiger partial charge in [-0.1, -0.05) is 18.2 Å². The van der Waals surface area contributed by atoms with Crippen LogP contribution in [0.1, 0.15) is 17.4 Å². The van der Waals surface area contributed by atoms with E-state index < -0.39 is 11.0 Å². The number of para-hydroxylation sites is 1. The minimum atomic E-state index is -0.869. The Morgan fingerprint density at radius 3 is 2.71 bits per heavy atom. The first kappa shape index (κ1) is 11.3. The van der Waals surface area contributed by atoms with E-state index in [0.29, 0.717) is 11.3 Å². The van der Waals surface area contributed by atoms with Gasteiger partial charge in [0.2, 0.25) is 0 Å². The highest BCUT2D eigenvalue weighted by Crippen LogP contribution is 2.24. The first-order valence-electron chi connectivity index (χ1n) is 5.12. The van der Waals surface area contributed by atoms with Crippen LogP contribution in [0.15, 0.2) is 47.1 Å². The third-order valence-electron chi connectivity index (χ3n) is 2.47. The van der Waals surface area contributed by atoms with Gasteiger partial charge in [0.25, 0.3) is 5.69 Å². The summed E-state index contributed by atoms with van der Waals surface area (Å²) in [4.78, 5) is 10.3. The molecule has 1 N–H and O–H groups in total. The van der Waals surface area contributed by atoms with Crippen LogP contribution in [0.2, 0.25) is 0 Å². The molecule has 0 aliphatic rings. The van der Waals surface area contributed by atoms with E-state index in [1.807, 2.05) is 0 Å². The summed E-state index contributed by atoms with van der Waals surface area (Å²) in [7, 11) is 0. The van der Waals surface area contributed by atoms with Crippen LogP contribution in [0.5, 0.6) is 0 Å². The molecule has 0 spiro atoms. The number of nitro groups is 1. The van der Waals surface area contributed by atoms with E-state index >= 15 is 0 Å². The molecule has 88 valence electrons. The van der Waals surface area contributed by atoms with Crippen LogP contribution in [0, 0.1) is 10.1 Å². The highest BCUT2D eigenvalue weighted by Gasteiger charge is 2.18. The lowest BCUT2D eigenvalue weighted by molar-refractivity contribution is -0.385. The van der Waals surface area contributed by atoms with E-state index in [1.54, 1.807) is 30.3 Å². The molecular formula is C12H11NO4. The van der Waals surface area contributed by atoms with E-state index in [9.17, 15) is 15.2 Å². The highest BCUT2D eigenvalue weighted by molar-refractivity contribution is 5.40. The quantitative estimate of drug-likeness (QED) is 0.650. The van der Waals surface area contributed by atoms with Crippen LogP contribution < -0.4 is 0 Å². The number of rotatable bonds is 4. The van der Waals surface area contributed by atoms with Crippen molar-refractivity contribution >= 4 is 5.69 Å². The smallest absolute Gasteiger partial charge is 0.272 e. The maximum absolute atomic E-state index is 10.8. The second-order valence-electron chi connectivity index (χ2n) is 3.62. The Kier molecular flexibility index (Phi) is 3.20. The zero-order valence-electron chi connectivity index (χ0n) is 8.95. The molecule has 0 radical (unpaired) electrons. The number of furan rings is 1. The number of nitrogens with zero attached hydrogens (tertiary/aromatic N) is 1. The monoisotopic (exact) mass is 233 g/mol. The van der Waals surface area contributed by atoms with Gasteiger partial charge in [-0.05, 0) is 12.1 Å². The van der Waals surface area contributed by atoms with Gasteiger partial charge in [-0.25, -0.2) is 0 Å². The van der Waals surface area contributed by atoms with Gasteiger partial charge in [0, 0.05) is 18.1 Å². The lowest BCUT2D eigenvalue weighted by Gasteiger charge is -2.07. The van der Waals surface area contributed by atoms with Gasteiger partial charge in [0.15, 0.2) is 0 Å². The standard InChI is InChI=1S/C12H11NO4/c14-11(12-6-3-7-17-12)8-9-4-1-2-5-10(9)13(15)16/h1-7,11,14H,8H2. The molecule has 0 fully saturated rings. The second kappa shape index (κ2) is 4.80. The van der Waals surface area contributed by atoms with Gasteiger partial charge in [0.05, 0.1) is 11.2 Å². The van der Waals surface area contributed by atoms with E-state index in [1.165, 1.54) is 12.3 Å². The molecule has 2 rings (SSSR count). The molecule has 1 aromatic carbocycles. The molecule has 1 heterocycles. The number of hydrogen-bond acceptors (Lipinski definition) is 4. The van der Waals surface area contributed by atoms with Crippen LogP contribution >= 0.6 is 0 Å². The van der Waals surface area contributed by atoms with E-state index in [0.717, 1.165) is 0 Å². The molecule has 0 saturated carbocycles. The predicted molar refractivity (Wildman–Crippen MR) is 60.5 cm³/mol. The maximum Gasteiger partial charge on any atom is 0.272 e. The molecule has 5 nitrogen and oxygen atoms in total. The number of aliphatic hydroxyl groups excluding tert-OH is 1. The molecule has 17 heavy (non-hydrogen) atoms. The molecule has 0 saturated heterocycles. The molecular weight excluding hydrogens is 222 g/mol. The van der Waals surface area contributed by atoms with Crippen LogP contribution in [-0.2, 0) is 6.42 Å². The van der Waals surface area contributed by atoms with Crippen molar-refractivity contribution in [2.75, 3.05) is 0 Å². The Labute approximate surface area is 97.5 Å². The predicted octanol–water partition coefficient (Wildman–Crippen LogP) is 2.46. The third-order valence-corrected chi connectivity index (χ3v) is 2.47. The molecule has 1 unspecified atom stereocenters. The normalized spacial score (nSPS) is 12.3. The SMILES string of the molecule is O=[N+]([O-])c1ccccc1CC(O)c1ccco1. The fraction of sp³-hybridized carbons (Fsp3) is 0.167. The fourth-order valence-corrected chi connectivity index (χ4v) is 1.65. The van der Waals surface area contributed by atoms with Crippen molar-refractivity contribution in [1.82, 2.24) is 0 Å². The number of aliphatic hydroxyl groups is 1. The van der Waals surface area contributed by atoms with Crippen molar-refractivity contribution in [2.24, 2.45) is 0 Å². The molecule has 1 aromatic heterocycles. The van der Waals surface area contributed by atoms with Crippen molar-refractivity contribution in [3.05, 3.63) is 64.1 Å². The Morgan fingerprint density at radius 2 is 2.06 bits per heavy atom. The summed E-state index contributed by atoms with van der Waals surface area (Å²) in [6.07, 6.45) is 0.744. The second-order valence-corrected chi connectivity index (χ2v) is 3.62. The number of benzene rings is 1. The summed E-state index contributed by atoms with van der Waals surface area (Å²) >= 11 is 0. The van der Waals surface area contributed by atoms with Crippen LogP contribution in [0.3, 0.4) is 0 Å². The van der Waals surface area contributed by atoms with Crippen molar-refractivity contribution in [3.63, 3.8) is 0 Å². The zero-order valence-corrected chi connectivity index (χ0v) is 8.95. The van der Waals surface area contributed by atoms with Crippen molar-refractivity contribution in [3.8, 4) is 0 Å². The topological polar surface area (TPSA) is 76.5 Å². The summed E-state index contributed by atoms with van der Waals surface area (Å²) in [6.45, 7) is 0. The minimum Gasteiger partial charge on any atom is -0.467 e. The first-order valence-corrected chi connectivity index (χ1v) is 5.12. The van der Waals surface area contributed by atoms with E-state index in [-0.39, 0.29) is 12.1 Å². The molecule has 5 heteroatoms. The maximum atomic E-state index is 10.8. The summed E-state index contributed by atoms with van der Waals surface area (Å²) < 4.78 is 5.05. The lowest BCUT2D eigenvalue weighted by Crippen LogP contribution is -2.03. The minimum absolute atomic E-state index is 0.0121. The highest BCUT2D eigenvalue weighted by atomic mass is 16.6. The molecule has 0 amide bonds. The Balaban J connectivity index is 2.21. The molecule has 0 aliphatic heterocycles. The Morgan fingerprint density at radius 1 is 1.29 bits per heavy atom. The summed E-state index contributed by atoms with van der Waals surface area (Å²) in [5.41, 5.74) is 0.500. The lowest BCUT2D eigenvalue weighted by atomic mass is 10.0. The van der Waals surface area contributed by atoms with Crippen LogP contribution in [0.25, 0.3) is 0 Å². The number of nitro benzene ring substituents is 1. The van der Waals surface area contributed by atoms with Crippen molar-refractivity contribution in [1.29, 1.82) is 0 Å². The van der Waals surface area contributed by atoms with Gasteiger partial charge in [-0.2, -0.15) is 0 Å². The number of hydrogen-bond donors (Lipinski definition) is 1. The van der Waals surface area contributed by atoms with Crippen LogP contribution in [0.4, 0.5) is 5.69 Å². The Hall–Kier alpha value is -2.14. The molecule has 1 atom stereocenters. The van der Waals surface area contributed by atoms with E-state index in [4.69, 9.17) is 4.42 Å². The zero-order chi connectivity index (χ0) is 12.3. The fourth-order valence-electron chi connectivity index (χ4n) is 1.65. The molecule has 0 bridgehead atoms. The first-order chi connectivity index (χ1) is 8.18. The third kappa shape index (κ3) is 2.51. The average Bonchev–Trinajstić information content (AvgIpc) is 2.83. The van der Waals surface area contributed by atoms with Gasteiger partial charge in [0.1, 0.15) is 11.9 Å².